The van der Waals surface area contributed by atoms with Gasteiger partial charge >= 0.3 is 0 Å². The van der Waals surface area contributed by atoms with E-state index in [9.17, 15) is 0 Å². The third kappa shape index (κ3) is 5.36. The average Bonchev–Trinajstić information content (AvgIpc) is 2.87. The second-order valence-corrected chi connectivity index (χ2v) is 9.42. The Bertz CT molecular complexity index is 1370. The molecule has 1 aliphatic heterocycles. The van der Waals surface area contributed by atoms with Crippen molar-refractivity contribution in [1.82, 2.24) is 0 Å². The Balaban J connectivity index is 1.44. The molecule has 0 saturated carbocycles. The van der Waals surface area contributed by atoms with Crippen molar-refractivity contribution in [1.29, 1.82) is 0 Å². The molecule has 176 valence electrons. The standard InChI is InChI=1S/C30H26BrNO3/c1-20-14-24-17-28(34-19-22-10-6-3-7-11-22)30(35-29(24)26(32)15-20)23-12-13-27(25(31)16-23)33-18-21-8-4-2-5-9-21/h2-16H,17-19,32H2,1H3. The molecule has 0 unspecified atom stereocenters. The van der Waals surface area contributed by atoms with Gasteiger partial charge in [0, 0.05) is 17.5 Å². The number of hydrogen-bond donors (Lipinski definition) is 1. The Labute approximate surface area is 214 Å². The number of aryl methyl sites for hydroxylation is 1. The van der Waals surface area contributed by atoms with Gasteiger partial charge in [0.1, 0.15) is 24.7 Å². The molecule has 35 heavy (non-hydrogen) atoms. The number of nitrogen functional groups attached to an aromatic ring is 1. The van der Waals surface area contributed by atoms with Crippen LogP contribution in [0.25, 0.3) is 5.76 Å². The van der Waals surface area contributed by atoms with Crippen LogP contribution in [0.2, 0.25) is 0 Å². The van der Waals surface area contributed by atoms with E-state index in [1.165, 1.54) is 0 Å². The highest BCUT2D eigenvalue weighted by molar-refractivity contribution is 9.10. The van der Waals surface area contributed by atoms with Crippen molar-refractivity contribution in [3.05, 3.63) is 129 Å². The Kier molecular flexibility index (Phi) is 6.77. The molecule has 5 heteroatoms. The lowest BCUT2D eigenvalue weighted by Gasteiger charge is -2.25. The summed E-state index contributed by atoms with van der Waals surface area (Å²) < 4.78 is 19.6. The van der Waals surface area contributed by atoms with Crippen molar-refractivity contribution < 1.29 is 14.2 Å². The van der Waals surface area contributed by atoms with E-state index in [4.69, 9.17) is 19.9 Å². The summed E-state index contributed by atoms with van der Waals surface area (Å²) in [5, 5.41) is 0. The molecule has 4 nitrogen and oxygen atoms in total. The summed E-state index contributed by atoms with van der Waals surface area (Å²) in [4.78, 5) is 0. The summed E-state index contributed by atoms with van der Waals surface area (Å²) in [6.07, 6.45) is 0.604. The quantitative estimate of drug-likeness (QED) is 0.253. The van der Waals surface area contributed by atoms with Crippen molar-refractivity contribution >= 4 is 27.4 Å². The first-order valence-corrected chi connectivity index (χ1v) is 12.3. The summed E-state index contributed by atoms with van der Waals surface area (Å²) in [5.41, 5.74) is 12.2. The third-order valence-electron chi connectivity index (χ3n) is 5.83. The van der Waals surface area contributed by atoms with Gasteiger partial charge in [-0.3, -0.25) is 0 Å². The summed E-state index contributed by atoms with van der Waals surface area (Å²) in [5.74, 6) is 2.89. The number of halogens is 1. The maximum atomic E-state index is 6.40. The fraction of sp³-hybridized carbons (Fsp3) is 0.133. The summed E-state index contributed by atoms with van der Waals surface area (Å²) in [7, 11) is 0. The van der Waals surface area contributed by atoms with Crippen LogP contribution in [-0.4, -0.2) is 0 Å². The second-order valence-electron chi connectivity index (χ2n) is 8.57. The molecule has 4 aromatic carbocycles. The Hall–Kier alpha value is -3.70. The predicted molar refractivity (Wildman–Crippen MR) is 143 cm³/mol. The third-order valence-corrected chi connectivity index (χ3v) is 6.45. The number of benzene rings is 4. The maximum Gasteiger partial charge on any atom is 0.172 e. The monoisotopic (exact) mass is 527 g/mol. The molecule has 1 heterocycles. The van der Waals surface area contributed by atoms with Crippen LogP contribution < -0.4 is 15.2 Å². The van der Waals surface area contributed by atoms with Gasteiger partial charge in [-0.2, -0.15) is 0 Å². The second kappa shape index (κ2) is 10.3. The molecule has 4 aromatic rings. The number of nitrogens with two attached hydrogens (primary N) is 1. The van der Waals surface area contributed by atoms with Gasteiger partial charge in [-0.1, -0.05) is 66.7 Å². The lowest BCUT2D eigenvalue weighted by Crippen LogP contribution is -2.14. The van der Waals surface area contributed by atoms with Crippen molar-refractivity contribution in [3.8, 4) is 11.5 Å². The highest BCUT2D eigenvalue weighted by Gasteiger charge is 2.25. The van der Waals surface area contributed by atoms with Crippen molar-refractivity contribution in [2.45, 2.75) is 26.6 Å². The zero-order valence-electron chi connectivity index (χ0n) is 19.5. The fourth-order valence-corrected chi connectivity index (χ4v) is 4.62. The topological polar surface area (TPSA) is 53.7 Å². The number of ether oxygens (including phenoxy) is 3. The van der Waals surface area contributed by atoms with Gasteiger partial charge in [0.15, 0.2) is 11.5 Å². The number of rotatable bonds is 7. The lowest BCUT2D eigenvalue weighted by atomic mass is 10.00. The SMILES string of the molecule is Cc1cc(N)c2c(c1)CC(OCc1ccccc1)=C(c1ccc(OCc3ccccc3)c(Br)c1)O2. The van der Waals surface area contributed by atoms with Gasteiger partial charge in [-0.25, -0.2) is 0 Å². The molecule has 0 fully saturated rings. The highest BCUT2D eigenvalue weighted by Crippen LogP contribution is 2.41. The van der Waals surface area contributed by atoms with Gasteiger partial charge in [0.25, 0.3) is 0 Å². The predicted octanol–water partition coefficient (Wildman–Crippen LogP) is 7.44. The molecule has 0 amide bonds. The number of allylic oxidation sites excluding steroid dienone is 1. The van der Waals surface area contributed by atoms with Crippen molar-refractivity contribution in [2.24, 2.45) is 0 Å². The van der Waals surface area contributed by atoms with Gasteiger partial charge in [0.2, 0.25) is 0 Å². The Morgan fingerprint density at radius 3 is 2.14 bits per heavy atom. The Morgan fingerprint density at radius 2 is 1.49 bits per heavy atom. The van der Waals surface area contributed by atoms with Crippen molar-refractivity contribution in [2.75, 3.05) is 5.73 Å². The first-order valence-electron chi connectivity index (χ1n) is 11.5. The molecule has 1 aliphatic rings. The van der Waals surface area contributed by atoms with E-state index >= 15 is 0 Å². The Morgan fingerprint density at radius 1 is 0.829 bits per heavy atom. The van der Waals surface area contributed by atoms with Crippen LogP contribution >= 0.6 is 15.9 Å². The minimum Gasteiger partial charge on any atom is -0.489 e. The minimum atomic E-state index is 0.457. The van der Waals surface area contributed by atoms with E-state index in [1.54, 1.807) is 0 Å². The minimum absolute atomic E-state index is 0.457. The molecule has 0 radical (unpaired) electrons. The maximum absolute atomic E-state index is 6.40. The zero-order chi connectivity index (χ0) is 24.2. The highest BCUT2D eigenvalue weighted by atomic mass is 79.9. The van der Waals surface area contributed by atoms with E-state index in [0.717, 1.165) is 43.8 Å². The summed E-state index contributed by atoms with van der Waals surface area (Å²) in [6, 6.07) is 30.2. The normalized spacial score (nSPS) is 12.6. The summed E-state index contributed by atoms with van der Waals surface area (Å²) in [6.45, 7) is 2.98. The van der Waals surface area contributed by atoms with Gasteiger partial charge in [-0.15, -0.1) is 0 Å². The smallest absolute Gasteiger partial charge is 0.172 e. The van der Waals surface area contributed by atoms with Gasteiger partial charge in [0.05, 0.1) is 10.2 Å². The molecule has 0 bridgehead atoms. The van der Waals surface area contributed by atoms with E-state index in [-0.39, 0.29) is 0 Å². The number of fused-ring (bicyclic) bond motifs is 1. The zero-order valence-corrected chi connectivity index (χ0v) is 21.0. The van der Waals surface area contributed by atoms with E-state index in [2.05, 4.69) is 34.1 Å². The molecule has 0 saturated heterocycles. The van der Waals surface area contributed by atoms with E-state index in [1.807, 2.05) is 79.7 Å². The van der Waals surface area contributed by atoms with Crippen LogP contribution in [0.3, 0.4) is 0 Å². The first-order chi connectivity index (χ1) is 17.1. The molecular formula is C30H26BrNO3. The van der Waals surface area contributed by atoms with Crippen LogP contribution in [0.1, 0.15) is 27.8 Å². The van der Waals surface area contributed by atoms with Gasteiger partial charge < -0.3 is 19.9 Å². The largest absolute Gasteiger partial charge is 0.489 e. The summed E-state index contributed by atoms with van der Waals surface area (Å²) >= 11 is 3.67. The van der Waals surface area contributed by atoms with E-state index in [0.29, 0.717) is 36.8 Å². The first kappa shape index (κ1) is 23.1. The van der Waals surface area contributed by atoms with Gasteiger partial charge in [-0.05, 0) is 63.8 Å². The van der Waals surface area contributed by atoms with Crippen LogP contribution in [0.4, 0.5) is 5.69 Å². The molecule has 0 atom stereocenters. The van der Waals surface area contributed by atoms with Crippen LogP contribution in [0, 0.1) is 6.92 Å². The molecule has 0 aromatic heterocycles. The number of anilines is 1. The molecule has 0 spiro atoms. The van der Waals surface area contributed by atoms with Crippen LogP contribution in [-0.2, 0) is 24.4 Å². The van der Waals surface area contributed by atoms with Crippen molar-refractivity contribution in [3.63, 3.8) is 0 Å². The molecule has 0 aliphatic carbocycles. The molecular weight excluding hydrogens is 502 g/mol. The fourth-order valence-electron chi connectivity index (χ4n) is 4.12. The van der Waals surface area contributed by atoms with Crippen LogP contribution in [0.5, 0.6) is 11.5 Å². The number of hydrogen-bond acceptors (Lipinski definition) is 4. The van der Waals surface area contributed by atoms with E-state index < -0.39 is 0 Å². The molecule has 5 rings (SSSR count). The van der Waals surface area contributed by atoms with Crippen LogP contribution in [0.15, 0.2) is 101 Å². The average molecular weight is 528 g/mol. The lowest BCUT2D eigenvalue weighted by molar-refractivity contribution is 0.184. The molecule has 2 N–H and O–H groups in total.